The second-order valence-corrected chi connectivity index (χ2v) is 5.03. The van der Waals surface area contributed by atoms with E-state index in [0.29, 0.717) is 0 Å². The molecule has 0 atom stereocenters. The number of hydrogen-bond acceptors (Lipinski definition) is 3. The Bertz CT molecular complexity index is 372. The van der Waals surface area contributed by atoms with Crippen molar-refractivity contribution in [3.05, 3.63) is 23.5 Å². The van der Waals surface area contributed by atoms with Crippen molar-refractivity contribution in [2.24, 2.45) is 0 Å². The number of pyridine rings is 1. The molecule has 1 saturated carbocycles. The molecule has 3 heteroatoms. The third-order valence-corrected chi connectivity index (χ3v) is 3.23. The second kappa shape index (κ2) is 5.50. The molecule has 1 fully saturated rings. The molecule has 17 heavy (non-hydrogen) atoms. The highest BCUT2D eigenvalue weighted by Crippen LogP contribution is 2.23. The van der Waals surface area contributed by atoms with Gasteiger partial charge in [0.25, 0.3) is 0 Å². The van der Waals surface area contributed by atoms with Gasteiger partial charge in [0.2, 0.25) is 0 Å². The van der Waals surface area contributed by atoms with Crippen molar-refractivity contribution in [2.45, 2.75) is 45.7 Å². The molecule has 0 saturated heterocycles. The predicted molar refractivity (Wildman–Crippen MR) is 72.4 cm³/mol. The van der Waals surface area contributed by atoms with Crippen LogP contribution in [0.25, 0.3) is 0 Å². The summed E-state index contributed by atoms with van der Waals surface area (Å²) in [6, 6.07) is 2.94. The highest BCUT2D eigenvalue weighted by molar-refractivity contribution is 5.53. The van der Waals surface area contributed by atoms with Crippen LogP contribution in [0.3, 0.4) is 0 Å². The Balaban J connectivity index is 2.10. The molecule has 1 heterocycles. The largest absolute Gasteiger partial charge is 0.374 e. The minimum Gasteiger partial charge on any atom is -0.374 e. The molecular formula is C14H23N3. The zero-order valence-electron chi connectivity index (χ0n) is 11.2. The Labute approximate surface area is 104 Å². The molecule has 0 aliphatic heterocycles. The summed E-state index contributed by atoms with van der Waals surface area (Å²) in [7, 11) is 2.17. The van der Waals surface area contributed by atoms with Crippen LogP contribution in [-0.4, -0.2) is 24.6 Å². The number of aryl methyl sites for hydroxylation is 1. The maximum Gasteiger partial charge on any atom is 0.0442 e. The molecule has 1 N–H and O–H groups in total. The summed E-state index contributed by atoms with van der Waals surface area (Å²) >= 11 is 0. The van der Waals surface area contributed by atoms with Crippen LogP contribution in [0.5, 0.6) is 0 Å². The van der Waals surface area contributed by atoms with Crippen LogP contribution in [0.15, 0.2) is 12.3 Å². The molecular weight excluding hydrogens is 210 g/mol. The van der Waals surface area contributed by atoms with Crippen molar-refractivity contribution in [2.75, 3.05) is 18.5 Å². The van der Waals surface area contributed by atoms with Crippen LogP contribution in [0.1, 0.15) is 37.4 Å². The van der Waals surface area contributed by atoms with E-state index in [-0.39, 0.29) is 0 Å². The van der Waals surface area contributed by atoms with E-state index in [9.17, 15) is 0 Å². The van der Waals surface area contributed by atoms with Crippen LogP contribution >= 0.6 is 0 Å². The smallest absolute Gasteiger partial charge is 0.0442 e. The van der Waals surface area contributed by atoms with Gasteiger partial charge in [0, 0.05) is 49.3 Å². The van der Waals surface area contributed by atoms with E-state index in [2.05, 4.69) is 42.2 Å². The van der Waals surface area contributed by atoms with Gasteiger partial charge in [-0.25, -0.2) is 0 Å². The summed E-state index contributed by atoms with van der Waals surface area (Å²) in [5.74, 6) is 0. The highest BCUT2D eigenvalue weighted by atomic mass is 15.1. The van der Waals surface area contributed by atoms with Gasteiger partial charge in [-0.3, -0.25) is 4.98 Å². The monoisotopic (exact) mass is 233 g/mol. The Morgan fingerprint density at radius 3 is 2.88 bits per heavy atom. The summed E-state index contributed by atoms with van der Waals surface area (Å²) in [5.41, 5.74) is 3.74. The molecule has 1 aromatic heterocycles. The van der Waals surface area contributed by atoms with E-state index >= 15 is 0 Å². The average Bonchev–Trinajstić information content (AvgIpc) is 3.11. The van der Waals surface area contributed by atoms with E-state index in [1.54, 1.807) is 0 Å². The normalized spacial score (nSPS) is 15.0. The van der Waals surface area contributed by atoms with Gasteiger partial charge in [0.05, 0.1) is 0 Å². The van der Waals surface area contributed by atoms with Crippen LogP contribution < -0.4 is 10.2 Å². The zero-order chi connectivity index (χ0) is 12.3. The SMILES string of the molecule is CCCN(C)c1cc(C)ncc1CNC1CC1. The van der Waals surface area contributed by atoms with Gasteiger partial charge in [-0.05, 0) is 32.3 Å². The van der Waals surface area contributed by atoms with Crippen molar-refractivity contribution >= 4 is 5.69 Å². The van der Waals surface area contributed by atoms with E-state index < -0.39 is 0 Å². The third-order valence-electron chi connectivity index (χ3n) is 3.23. The minimum absolute atomic E-state index is 0.751. The van der Waals surface area contributed by atoms with Crippen LogP contribution in [-0.2, 0) is 6.54 Å². The summed E-state index contributed by atoms with van der Waals surface area (Å²) < 4.78 is 0. The second-order valence-electron chi connectivity index (χ2n) is 5.03. The first kappa shape index (κ1) is 12.4. The lowest BCUT2D eigenvalue weighted by molar-refractivity contribution is 0.682. The lowest BCUT2D eigenvalue weighted by atomic mass is 10.2. The van der Waals surface area contributed by atoms with Crippen molar-refractivity contribution in [3.63, 3.8) is 0 Å². The average molecular weight is 233 g/mol. The van der Waals surface area contributed by atoms with Crippen LogP contribution in [0, 0.1) is 6.92 Å². The Hall–Kier alpha value is -1.09. The van der Waals surface area contributed by atoms with Gasteiger partial charge < -0.3 is 10.2 Å². The summed E-state index contributed by atoms with van der Waals surface area (Å²) in [6.45, 7) is 6.31. The molecule has 0 unspecified atom stereocenters. The number of nitrogens with zero attached hydrogens (tertiary/aromatic N) is 2. The summed E-state index contributed by atoms with van der Waals surface area (Å²) in [4.78, 5) is 6.75. The first-order chi connectivity index (χ1) is 8.20. The number of hydrogen-bond donors (Lipinski definition) is 1. The number of aromatic nitrogens is 1. The standard InChI is InChI=1S/C14H23N3/c1-4-7-17(3)14-8-11(2)15-9-12(14)10-16-13-5-6-13/h8-9,13,16H,4-7,10H2,1-3H3. The number of rotatable bonds is 6. The van der Waals surface area contributed by atoms with Crippen LogP contribution in [0.4, 0.5) is 5.69 Å². The molecule has 3 nitrogen and oxygen atoms in total. The maximum atomic E-state index is 4.41. The maximum absolute atomic E-state index is 4.41. The van der Waals surface area contributed by atoms with Crippen molar-refractivity contribution in [1.82, 2.24) is 10.3 Å². The highest BCUT2D eigenvalue weighted by Gasteiger charge is 2.20. The summed E-state index contributed by atoms with van der Waals surface area (Å²) in [6.07, 6.45) is 5.86. The molecule has 0 amide bonds. The predicted octanol–water partition coefficient (Wildman–Crippen LogP) is 2.49. The molecule has 1 aliphatic carbocycles. The summed E-state index contributed by atoms with van der Waals surface area (Å²) in [5, 5.41) is 3.56. The molecule has 0 aromatic carbocycles. The first-order valence-electron chi connectivity index (χ1n) is 6.60. The zero-order valence-corrected chi connectivity index (χ0v) is 11.2. The fourth-order valence-electron chi connectivity index (χ4n) is 2.06. The van der Waals surface area contributed by atoms with Crippen molar-refractivity contribution in [1.29, 1.82) is 0 Å². The molecule has 94 valence electrons. The molecule has 0 spiro atoms. The lowest BCUT2D eigenvalue weighted by Gasteiger charge is -2.22. The Morgan fingerprint density at radius 2 is 2.24 bits per heavy atom. The van der Waals surface area contributed by atoms with Gasteiger partial charge in [0.1, 0.15) is 0 Å². The number of anilines is 1. The van der Waals surface area contributed by atoms with Gasteiger partial charge in [0.15, 0.2) is 0 Å². The van der Waals surface area contributed by atoms with Crippen molar-refractivity contribution < 1.29 is 0 Å². The van der Waals surface area contributed by atoms with E-state index in [1.165, 1.54) is 30.5 Å². The fraction of sp³-hybridized carbons (Fsp3) is 0.643. The third kappa shape index (κ3) is 3.43. The van der Waals surface area contributed by atoms with Gasteiger partial charge in [-0.15, -0.1) is 0 Å². The fourth-order valence-corrected chi connectivity index (χ4v) is 2.06. The molecule has 0 bridgehead atoms. The lowest BCUT2D eigenvalue weighted by Crippen LogP contribution is -2.23. The number of nitrogens with one attached hydrogen (secondary N) is 1. The van der Waals surface area contributed by atoms with Gasteiger partial charge >= 0.3 is 0 Å². The Morgan fingerprint density at radius 1 is 1.47 bits per heavy atom. The van der Waals surface area contributed by atoms with E-state index in [0.717, 1.165) is 24.8 Å². The first-order valence-corrected chi connectivity index (χ1v) is 6.60. The van der Waals surface area contributed by atoms with Gasteiger partial charge in [-0.2, -0.15) is 0 Å². The van der Waals surface area contributed by atoms with E-state index in [4.69, 9.17) is 0 Å². The van der Waals surface area contributed by atoms with E-state index in [1.807, 2.05) is 6.20 Å². The quantitative estimate of drug-likeness (QED) is 0.818. The molecule has 0 radical (unpaired) electrons. The molecule has 1 aliphatic rings. The van der Waals surface area contributed by atoms with Crippen molar-refractivity contribution in [3.8, 4) is 0 Å². The van der Waals surface area contributed by atoms with Gasteiger partial charge in [-0.1, -0.05) is 6.92 Å². The Kier molecular flexibility index (Phi) is 4.00. The molecule has 2 rings (SSSR count). The molecule has 1 aromatic rings. The topological polar surface area (TPSA) is 28.2 Å². The minimum atomic E-state index is 0.751. The van der Waals surface area contributed by atoms with Crippen LogP contribution in [0.2, 0.25) is 0 Å².